The summed E-state index contributed by atoms with van der Waals surface area (Å²) < 4.78 is 0. The number of anilines is 1. The number of halogens is 1. The number of nitrogens with two attached hydrogens (primary N) is 1. The minimum Gasteiger partial charge on any atom is -0.383 e. The Bertz CT molecular complexity index is 308. The molecule has 0 aliphatic rings. The van der Waals surface area contributed by atoms with Gasteiger partial charge in [0.05, 0.1) is 0 Å². The molecule has 0 atom stereocenters. The molecule has 3 heteroatoms. The molecule has 1 rings (SSSR count). The second-order valence-corrected chi connectivity index (χ2v) is 3.23. The highest BCUT2D eigenvalue weighted by molar-refractivity contribution is 6.17. The van der Waals surface area contributed by atoms with E-state index < -0.39 is 0 Å². The van der Waals surface area contributed by atoms with Gasteiger partial charge in [0.25, 0.3) is 0 Å². The maximum Gasteiger partial charge on any atom is 0.126 e. The third-order valence-corrected chi connectivity index (χ3v) is 1.94. The van der Waals surface area contributed by atoms with Crippen molar-refractivity contribution in [3.8, 4) is 0 Å². The zero-order valence-electron chi connectivity index (χ0n) is 7.63. The molecule has 0 amide bonds. The molecule has 70 valence electrons. The average molecular weight is 197 g/mol. The Hall–Kier alpha value is -1.02. The van der Waals surface area contributed by atoms with Crippen LogP contribution < -0.4 is 5.73 Å². The molecule has 13 heavy (non-hydrogen) atoms. The first-order valence-corrected chi connectivity index (χ1v) is 4.72. The number of pyridine rings is 1. The highest BCUT2D eigenvalue weighted by atomic mass is 35.5. The quantitative estimate of drug-likeness (QED) is 0.755. The third-order valence-electron chi connectivity index (χ3n) is 1.73. The van der Waals surface area contributed by atoms with E-state index in [2.05, 4.69) is 4.98 Å². The van der Waals surface area contributed by atoms with Crippen molar-refractivity contribution in [1.82, 2.24) is 4.98 Å². The van der Waals surface area contributed by atoms with Gasteiger partial charge in [-0.25, -0.2) is 4.98 Å². The molecular formula is C10H13ClN2. The molecule has 0 aromatic carbocycles. The largest absolute Gasteiger partial charge is 0.383 e. The minimum absolute atomic E-state index is 0.592. The van der Waals surface area contributed by atoms with Gasteiger partial charge < -0.3 is 5.73 Å². The number of rotatable bonds is 3. The Kier molecular flexibility index (Phi) is 3.77. The van der Waals surface area contributed by atoms with E-state index in [-0.39, 0.29) is 0 Å². The van der Waals surface area contributed by atoms with Crippen LogP contribution in [0.3, 0.4) is 0 Å². The summed E-state index contributed by atoms with van der Waals surface area (Å²) in [6, 6.07) is 2.01. The molecule has 0 bridgehead atoms. The Morgan fingerprint density at radius 1 is 1.62 bits per heavy atom. The van der Waals surface area contributed by atoms with Gasteiger partial charge >= 0.3 is 0 Å². The maximum atomic E-state index is 5.59. The summed E-state index contributed by atoms with van der Waals surface area (Å²) in [7, 11) is 0. The maximum absolute atomic E-state index is 5.59. The Morgan fingerprint density at radius 2 is 2.38 bits per heavy atom. The van der Waals surface area contributed by atoms with Gasteiger partial charge in [0.2, 0.25) is 0 Å². The first-order valence-electron chi connectivity index (χ1n) is 4.18. The summed E-state index contributed by atoms with van der Waals surface area (Å²) >= 11 is 5.54. The van der Waals surface area contributed by atoms with E-state index in [1.807, 2.05) is 25.1 Å². The van der Waals surface area contributed by atoms with Gasteiger partial charge in [-0.05, 0) is 30.5 Å². The summed E-state index contributed by atoms with van der Waals surface area (Å²) in [6.07, 6.45) is 6.67. The number of nitrogens with zero attached hydrogens (tertiary/aromatic N) is 1. The van der Waals surface area contributed by atoms with Gasteiger partial charge in [-0.15, -0.1) is 11.6 Å². The van der Waals surface area contributed by atoms with Gasteiger partial charge in [-0.2, -0.15) is 0 Å². The standard InChI is InChI=1S/C10H13ClN2/c1-8-6-9(4-2-3-5-11)7-13-10(8)12/h2,4,6-7H,3,5H2,1H3,(H2,12,13). The summed E-state index contributed by atoms with van der Waals surface area (Å²) in [5, 5.41) is 0. The van der Waals surface area contributed by atoms with Crippen LogP contribution >= 0.6 is 11.6 Å². The highest BCUT2D eigenvalue weighted by Gasteiger charge is 1.93. The molecule has 1 aromatic rings. The number of hydrogen-bond acceptors (Lipinski definition) is 2. The predicted octanol–water partition coefficient (Wildman–Crippen LogP) is 2.61. The Balaban J connectivity index is 2.73. The van der Waals surface area contributed by atoms with Crippen molar-refractivity contribution in [3.63, 3.8) is 0 Å². The zero-order chi connectivity index (χ0) is 9.68. The van der Waals surface area contributed by atoms with Gasteiger partial charge in [0.1, 0.15) is 5.82 Å². The van der Waals surface area contributed by atoms with Crippen LogP contribution in [-0.2, 0) is 0 Å². The van der Waals surface area contributed by atoms with E-state index in [4.69, 9.17) is 17.3 Å². The molecule has 0 saturated carbocycles. The van der Waals surface area contributed by atoms with E-state index in [0.717, 1.165) is 17.5 Å². The fraction of sp³-hybridized carbons (Fsp3) is 0.300. The number of nitrogen functional groups attached to an aromatic ring is 1. The first kappa shape index (κ1) is 10.1. The normalized spacial score (nSPS) is 10.9. The van der Waals surface area contributed by atoms with Crippen LogP contribution in [0.5, 0.6) is 0 Å². The highest BCUT2D eigenvalue weighted by Crippen LogP contribution is 2.10. The van der Waals surface area contributed by atoms with Crippen molar-refractivity contribution < 1.29 is 0 Å². The second kappa shape index (κ2) is 4.87. The predicted molar refractivity (Wildman–Crippen MR) is 57.8 cm³/mol. The minimum atomic E-state index is 0.592. The van der Waals surface area contributed by atoms with Crippen LogP contribution in [0.25, 0.3) is 6.08 Å². The zero-order valence-corrected chi connectivity index (χ0v) is 8.38. The summed E-state index contributed by atoms with van der Waals surface area (Å²) in [5.41, 5.74) is 7.66. The van der Waals surface area contributed by atoms with Gasteiger partial charge in [0, 0.05) is 12.1 Å². The van der Waals surface area contributed by atoms with Gasteiger partial charge in [-0.1, -0.05) is 12.2 Å². The molecule has 0 aliphatic heterocycles. The van der Waals surface area contributed by atoms with Crippen molar-refractivity contribution in [3.05, 3.63) is 29.5 Å². The van der Waals surface area contributed by atoms with Gasteiger partial charge in [0.15, 0.2) is 0 Å². The number of alkyl halides is 1. The lowest BCUT2D eigenvalue weighted by Gasteiger charge is -1.99. The van der Waals surface area contributed by atoms with Crippen molar-refractivity contribution in [1.29, 1.82) is 0 Å². The SMILES string of the molecule is Cc1cc(C=CCCCl)cnc1N. The molecule has 0 aliphatic carbocycles. The molecule has 2 nitrogen and oxygen atoms in total. The fourth-order valence-corrected chi connectivity index (χ4v) is 1.11. The second-order valence-electron chi connectivity index (χ2n) is 2.85. The van der Waals surface area contributed by atoms with Crippen molar-refractivity contribution in [2.24, 2.45) is 0 Å². The number of aromatic nitrogens is 1. The third kappa shape index (κ3) is 3.07. The topological polar surface area (TPSA) is 38.9 Å². The first-order chi connectivity index (χ1) is 6.24. The van der Waals surface area contributed by atoms with E-state index in [0.29, 0.717) is 11.7 Å². The molecule has 2 N–H and O–H groups in total. The Labute approximate surface area is 83.4 Å². The van der Waals surface area contributed by atoms with Crippen LogP contribution in [0.4, 0.5) is 5.82 Å². The van der Waals surface area contributed by atoms with Crippen LogP contribution in [0, 0.1) is 6.92 Å². The van der Waals surface area contributed by atoms with E-state index in [1.54, 1.807) is 6.20 Å². The molecule has 1 heterocycles. The summed E-state index contributed by atoms with van der Waals surface area (Å²) in [6.45, 7) is 1.95. The number of hydrogen-bond donors (Lipinski definition) is 1. The average Bonchev–Trinajstić information content (AvgIpc) is 2.12. The van der Waals surface area contributed by atoms with E-state index >= 15 is 0 Å². The summed E-state index contributed by atoms with van der Waals surface area (Å²) in [4.78, 5) is 4.05. The monoisotopic (exact) mass is 196 g/mol. The summed E-state index contributed by atoms with van der Waals surface area (Å²) in [5.74, 6) is 1.24. The van der Waals surface area contributed by atoms with E-state index in [9.17, 15) is 0 Å². The molecule has 1 aromatic heterocycles. The van der Waals surface area contributed by atoms with E-state index in [1.165, 1.54) is 0 Å². The lowest BCUT2D eigenvalue weighted by molar-refractivity contribution is 1.23. The van der Waals surface area contributed by atoms with Crippen molar-refractivity contribution in [2.45, 2.75) is 13.3 Å². The van der Waals surface area contributed by atoms with Crippen LogP contribution in [0.15, 0.2) is 18.3 Å². The number of allylic oxidation sites excluding steroid dienone is 1. The van der Waals surface area contributed by atoms with Crippen LogP contribution in [-0.4, -0.2) is 10.9 Å². The van der Waals surface area contributed by atoms with Crippen LogP contribution in [0.1, 0.15) is 17.5 Å². The molecule has 0 spiro atoms. The van der Waals surface area contributed by atoms with Crippen molar-refractivity contribution >= 4 is 23.5 Å². The molecule has 0 saturated heterocycles. The lowest BCUT2D eigenvalue weighted by Crippen LogP contribution is -1.93. The smallest absolute Gasteiger partial charge is 0.126 e. The molecular weight excluding hydrogens is 184 g/mol. The fourth-order valence-electron chi connectivity index (χ4n) is 0.981. The number of aryl methyl sites for hydroxylation is 1. The molecule has 0 unspecified atom stereocenters. The molecule has 0 fully saturated rings. The van der Waals surface area contributed by atoms with Gasteiger partial charge in [-0.3, -0.25) is 0 Å². The van der Waals surface area contributed by atoms with Crippen molar-refractivity contribution in [2.75, 3.05) is 11.6 Å². The molecule has 0 radical (unpaired) electrons. The van der Waals surface area contributed by atoms with Crippen LogP contribution in [0.2, 0.25) is 0 Å². The lowest BCUT2D eigenvalue weighted by atomic mass is 10.2. The Morgan fingerprint density at radius 3 is 3.00 bits per heavy atom.